The van der Waals surface area contributed by atoms with E-state index >= 15 is 0 Å². The molecule has 0 atom stereocenters. The normalized spacial score (nSPS) is 12.0. The summed E-state index contributed by atoms with van der Waals surface area (Å²) in [4.78, 5) is 11.7. The molecule has 0 saturated carbocycles. The predicted octanol–water partition coefficient (Wildman–Crippen LogP) is 5.19. The first-order valence-electron chi connectivity index (χ1n) is 7.04. The largest absolute Gasteiger partial charge is 0.416 e. The Morgan fingerprint density at radius 2 is 1.46 bits per heavy atom. The van der Waals surface area contributed by atoms with Gasteiger partial charge in [0, 0.05) is 12.2 Å². The van der Waals surface area contributed by atoms with Gasteiger partial charge in [0.05, 0.1) is 11.1 Å². The number of rotatable bonds is 3. The van der Waals surface area contributed by atoms with Crippen LogP contribution in [0, 0.1) is 5.82 Å². The smallest absolute Gasteiger partial charge is 0.334 e. The van der Waals surface area contributed by atoms with Crippen molar-refractivity contribution in [1.82, 2.24) is 5.32 Å². The van der Waals surface area contributed by atoms with E-state index in [1.807, 2.05) is 0 Å². The van der Waals surface area contributed by atoms with Gasteiger partial charge < -0.3 is 10.6 Å². The van der Waals surface area contributed by atoms with Crippen LogP contribution < -0.4 is 10.6 Å². The van der Waals surface area contributed by atoms with Crippen LogP contribution in [-0.4, -0.2) is 6.03 Å². The number of carbonyl (C=O) groups is 1. The van der Waals surface area contributed by atoms with Crippen LogP contribution >= 0.6 is 0 Å². The number of halogens is 7. The lowest BCUT2D eigenvalue weighted by molar-refractivity contribution is -0.143. The highest BCUT2D eigenvalue weighted by molar-refractivity contribution is 5.89. The zero-order chi connectivity index (χ0) is 19.5. The van der Waals surface area contributed by atoms with Crippen LogP contribution in [0.4, 0.5) is 41.2 Å². The van der Waals surface area contributed by atoms with Gasteiger partial charge in [-0.3, -0.25) is 0 Å². The van der Waals surface area contributed by atoms with Crippen molar-refractivity contribution in [2.45, 2.75) is 18.9 Å². The summed E-state index contributed by atoms with van der Waals surface area (Å²) in [6, 6.07) is 4.89. The van der Waals surface area contributed by atoms with Gasteiger partial charge >= 0.3 is 18.4 Å². The molecule has 0 saturated heterocycles. The van der Waals surface area contributed by atoms with Gasteiger partial charge in [-0.2, -0.15) is 26.3 Å². The number of amides is 2. The Labute approximate surface area is 142 Å². The second-order valence-corrected chi connectivity index (χ2v) is 5.23. The molecule has 0 aliphatic carbocycles. The summed E-state index contributed by atoms with van der Waals surface area (Å²) in [6.45, 7) is -0.589. The van der Waals surface area contributed by atoms with Gasteiger partial charge in [-0.15, -0.1) is 0 Å². The Bertz CT molecular complexity index is 768. The van der Waals surface area contributed by atoms with E-state index < -0.39 is 41.9 Å². The van der Waals surface area contributed by atoms with Crippen molar-refractivity contribution in [3.05, 3.63) is 65.0 Å². The molecule has 0 fully saturated rings. The fourth-order valence-corrected chi connectivity index (χ4v) is 2.05. The van der Waals surface area contributed by atoms with Gasteiger partial charge in [-0.05, 0) is 42.0 Å². The second kappa shape index (κ2) is 7.22. The molecule has 2 aromatic rings. The summed E-state index contributed by atoms with van der Waals surface area (Å²) in [6.07, 6.45) is -9.94. The number of benzene rings is 2. The van der Waals surface area contributed by atoms with E-state index in [1.54, 1.807) is 0 Å². The third kappa shape index (κ3) is 5.36. The summed E-state index contributed by atoms with van der Waals surface area (Å²) < 4.78 is 89.5. The number of urea groups is 1. The van der Waals surface area contributed by atoms with Gasteiger partial charge in [0.25, 0.3) is 0 Å². The number of hydrogen-bond acceptors (Lipinski definition) is 1. The predicted molar refractivity (Wildman–Crippen MR) is 78.7 cm³/mol. The molecule has 0 spiro atoms. The van der Waals surface area contributed by atoms with Crippen LogP contribution in [0.25, 0.3) is 0 Å². The lowest BCUT2D eigenvalue weighted by atomic mass is 10.0. The highest BCUT2D eigenvalue weighted by Crippen LogP contribution is 2.36. The van der Waals surface area contributed by atoms with Crippen LogP contribution in [-0.2, 0) is 18.9 Å². The fraction of sp³-hybridized carbons (Fsp3) is 0.188. The average Bonchev–Trinajstić information content (AvgIpc) is 2.51. The molecule has 0 bridgehead atoms. The Kier molecular flexibility index (Phi) is 5.43. The van der Waals surface area contributed by atoms with Crippen molar-refractivity contribution >= 4 is 11.7 Å². The monoisotopic (exact) mass is 380 g/mol. The minimum Gasteiger partial charge on any atom is -0.334 e. The quantitative estimate of drug-likeness (QED) is 0.708. The van der Waals surface area contributed by atoms with Crippen molar-refractivity contribution in [3.63, 3.8) is 0 Å². The van der Waals surface area contributed by atoms with Gasteiger partial charge in [-0.1, -0.05) is 6.07 Å². The van der Waals surface area contributed by atoms with Gasteiger partial charge in [-0.25, -0.2) is 9.18 Å². The van der Waals surface area contributed by atoms with Gasteiger partial charge in [0.15, 0.2) is 0 Å². The van der Waals surface area contributed by atoms with E-state index in [0.29, 0.717) is 12.1 Å². The maximum atomic E-state index is 13.0. The average molecular weight is 380 g/mol. The topological polar surface area (TPSA) is 41.1 Å². The second-order valence-electron chi connectivity index (χ2n) is 5.23. The molecular formula is C16H11F7N2O. The summed E-state index contributed by atoms with van der Waals surface area (Å²) in [5.41, 5.74) is -3.27. The molecule has 3 nitrogen and oxygen atoms in total. The minimum absolute atomic E-state index is 0.00365. The number of anilines is 1. The van der Waals surface area contributed by atoms with Crippen molar-refractivity contribution in [2.24, 2.45) is 0 Å². The molecule has 2 amide bonds. The summed E-state index contributed by atoms with van der Waals surface area (Å²) in [5, 5.41) is 4.33. The molecule has 0 unspecified atom stereocenters. The fourth-order valence-electron chi connectivity index (χ4n) is 2.05. The molecule has 0 aliphatic rings. The Morgan fingerprint density at radius 1 is 0.885 bits per heavy atom. The summed E-state index contributed by atoms with van der Waals surface area (Å²) in [5.74, 6) is -0.629. The zero-order valence-corrected chi connectivity index (χ0v) is 12.8. The zero-order valence-electron chi connectivity index (χ0n) is 12.8. The Hall–Kier alpha value is -2.78. The molecule has 0 heterocycles. The molecular weight excluding hydrogens is 369 g/mol. The lowest BCUT2D eigenvalue weighted by Crippen LogP contribution is -2.28. The van der Waals surface area contributed by atoms with E-state index in [2.05, 4.69) is 10.6 Å². The molecule has 2 N–H and O–H groups in total. The van der Waals surface area contributed by atoms with Gasteiger partial charge in [0.2, 0.25) is 0 Å². The third-order valence-electron chi connectivity index (χ3n) is 3.18. The van der Waals surface area contributed by atoms with Crippen LogP contribution in [0.3, 0.4) is 0 Å². The standard InChI is InChI=1S/C16H11F7N2O/c17-12-2-1-3-13(7-12)25-14(26)24-8-9-4-10(15(18,19)20)6-11(5-9)16(21,22)23/h1-7H,8H2,(H2,24,25,26). The Balaban J connectivity index is 2.14. The van der Waals surface area contributed by atoms with Crippen molar-refractivity contribution in [2.75, 3.05) is 5.32 Å². The minimum atomic E-state index is -4.97. The highest BCUT2D eigenvalue weighted by Gasteiger charge is 2.36. The molecule has 2 rings (SSSR count). The van der Waals surface area contributed by atoms with Gasteiger partial charge in [0.1, 0.15) is 5.82 Å². The van der Waals surface area contributed by atoms with E-state index in [0.717, 1.165) is 12.1 Å². The summed E-state index contributed by atoms with van der Waals surface area (Å²) in [7, 11) is 0. The molecule has 0 radical (unpaired) electrons. The number of hydrogen-bond donors (Lipinski definition) is 2. The molecule has 26 heavy (non-hydrogen) atoms. The van der Waals surface area contributed by atoms with E-state index in [4.69, 9.17) is 0 Å². The SMILES string of the molecule is O=C(NCc1cc(C(F)(F)F)cc(C(F)(F)F)c1)Nc1cccc(F)c1. The molecule has 140 valence electrons. The van der Waals surface area contributed by atoms with Crippen LogP contribution in [0.2, 0.25) is 0 Å². The third-order valence-corrected chi connectivity index (χ3v) is 3.18. The molecule has 10 heteroatoms. The van der Waals surface area contributed by atoms with E-state index in [9.17, 15) is 35.5 Å². The van der Waals surface area contributed by atoms with Crippen molar-refractivity contribution in [1.29, 1.82) is 0 Å². The highest BCUT2D eigenvalue weighted by atomic mass is 19.4. The maximum Gasteiger partial charge on any atom is 0.416 e. The van der Waals surface area contributed by atoms with Crippen LogP contribution in [0.15, 0.2) is 42.5 Å². The Morgan fingerprint density at radius 3 is 1.96 bits per heavy atom. The molecule has 0 aromatic heterocycles. The number of nitrogens with one attached hydrogen (secondary N) is 2. The molecule has 2 aromatic carbocycles. The molecule has 0 aliphatic heterocycles. The van der Waals surface area contributed by atoms with Crippen LogP contribution in [0.1, 0.15) is 16.7 Å². The first-order chi connectivity index (χ1) is 11.9. The summed E-state index contributed by atoms with van der Waals surface area (Å²) >= 11 is 0. The first kappa shape index (κ1) is 19.5. The van der Waals surface area contributed by atoms with E-state index in [-0.39, 0.29) is 17.3 Å². The number of alkyl halides is 6. The first-order valence-corrected chi connectivity index (χ1v) is 7.04. The number of carbonyl (C=O) groups excluding carboxylic acids is 1. The van der Waals surface area contributed by atoms with Crippen LogP contribution in [0.5, 0.6) is 0 Å². The van der Waals surface area contributed by atoms with Crippen molar-refractivity contribution in [3.8, 4) is 0 Å². The van der Waals surface area contributed by atoms with Crippen molar-refractivity contribution < 1.29 is 35.5 Å². The lowest BCUT2D eigenvalue weighted by Gasteiger charge is -2.14. The van der Waals surface area contributed by atoms with E-state index in [1.165, 1.54) is 12.1 Å². The maximum absolute atomic E-state index is 13.0.